The van der Waals surface area contributed by atoms with Crippen LogP contribution in [0, 0.1) is 12.7 Å². The minimum atomic E-state index is -0.322. The van der Waals surface area contributed by atoms with Crippen molar-refractivity contribution >= 4 is 39.1 Å². The van der Waals surface area contributed by atoms with Gasteiger partial charge < -0.3 is 9.80 Å². The van der Waals surface area contributed by atoms with Crippen LogP contribution in [0.1, 0.15) is 26.4 Å². The highest BCUT2D eigenvalue weighted by Crippen LogP contribution is 2.20. The van der Waals surface area contributed by atoms with Crippen LogP contribution in [-0.4, -0.2) is 34.7 Å². The SMILES string of the molecule is C=CCN(CC(=O)N(Cc1ccc(F)cc1)Cc1sccc1C)C(=O)c1cccc(Br)c1. The summed E-state index contributed by atoms with van der Waals surface area (Å²) in [6, 6.07) is 15.2. The fourth-order valence-electron chi connectivity index (χ4n) is 3.22. The molecule has 2 aromatic carbocycles. The first kappa shape index (κ1) is 23.9. The molecule has 0 aliphatic rings. The highest BCUT2D eigenvalue weighted by molar-refractivity contribution is 9.10. The van der Waals surface area contributed by atoms with Gasteiger partial charge in [0.15, 0.2) is 0 Å². The number of rotatable bonds is 9. The third-order valence-corrected chi connectivity index (χ3v) is 6.48. The van der Waals surface area contributed by atoms with E-state index in [4.69, 9.17) is 0 Å². The Morgan fingerprint density at radius 2 is 1.84 bits per heavy atom. The summed E-state index contributed by atoms with van der Waals surface area (Å²) in [6.45, 7) is 6.66. The zero-order valence-electron chi connectivity index (χ0n) is 17.8. The predicted octanol–water partition coefficient (Wildman–Crippen LogP) is 5.82. The first-order valence-corrected chi connectivity index (χ1v) is 11.8. The summed E-state index contributed by atoms with van der Waals surface area (Å²) >= 11 is 4.97. The molecule has 0 unspecified atom stereocenters. The highest BCUT2D eigenvalue weighted by Gasteiger charge is 2.23. The van der Waals surface area contributed by atoms with Crippen molar-refractivity contribution in [3.05, 3.63) is 104 Å². The standard InChI is InChI=1S/C25H24BrFN2O2S/c1-3-12-28(25(31)20-5-4-6-21(26)14-20)17-24(30)29(16-23-18(2)11-13-32-23)15-19-7-9-22(27)10-8-19/h3-11,13-14H,1,12,15-17H2,2H3. The highest BCUT2D eigenvalue weighted by atomic mass is 79.9. The van der Waals surface area contributed by atoms with Crippen LogP contribution in [0.25, 0.3) is 0 Å². The molecule has 166 valence electrons. The minimum Gasteiger partial charge on any atom is -0.332 e. The van der Waals surface area contributed by atoms with Gasteiger partial charge in [0.1, 0.15) is 12.4 Å². The maximum absolute atomic E-state index is 13.4. The molecule has 0 N–H and O–H groups in total. The van der Waals surface area contributed by atoms with Gasteiger partial charge in [-0.1, -0.05) is 40.2 Å². The zero-order chi connectivity index (χ0) is 23.1. The van der Waals surface area contributed by atoms with Crippen LogP contribution < -0.4 is 0 Å². The third-order valence-electron chi connectivity index (χ3n) is 4.98. The van der Waals surface area contributed by atoms with Crippen LogP contribution in [0.3, 0.4) is 0 Å². The van der Waals surface area contributed by atoms with E-state index in [1.165, 1.54) is 17.0 Å². The zero-order valence-corrected chi connectivity index (χ0v) is 20.2. The van der Waals surface area contributed by atoms with Crippen molar-refractivity contribution in [3.63, 3.8) is 0 Å². The van der Waals surface area contributed by atoms with E-state index in [1.54, 1.807) is 52.6 Å². The molecule has 1 heterocycles. The van der Waals surface area contributed by atoms with E-state index in [1.807, 2.05) is 24.4 Å². The molecule has 0 fully saturated rings. The van der Waals surface area contributed by atoms with Crippen LogP contribution >= 0.6 is 27.3 Å². The summed E-state index contributed by atoms with van der Waals surface area (Å²) in [6.07, 6.45) is 1.61. The van der Waals surface area contributed by atoms with Gasteiger partial charge in [0, 0.05) is 28.0 Å². The molecule has 0 atom stereocenters. The predicted molar refractivity (Wildman–Crippen MR) is 130 cm³/mol. The van der Waals surface area contributed by atoms with E-state index in [2.05, 4.69) is 22.5 Å². The lowest BCUT2D eigenvalue weighted by molar-refractivity contribution is -0.133. The molecule has 0 saturated heterocycles. The van der Waals surface area contributed by atoms with Gasteiger partial charge in [-0.25, -0.2) is 4.39 Å². The molecule has 4 nitrogen and oxygen atoms in total. The Kier molecular flexibility index (Phi) is 8.36. The van der Waals surface area contributed by atoms with Gasteiger partial charge in [-0.05, 0) is 59.8 Å². The van der Waals surface area contributed by atoms with Crippen molar-refractivity contribution in [2.45, 2.75) is 20.0 Å². The summed E-state index contributed by atoms with van der Waals surface area (Å²) in [5, 5.41) is 1.99. The minimum absolute atomic E-state index is 0.0804. The van der Waals surface area contributed by atoms with E-state index in [0.717, 1.165) is 20.5 Å². The first-order valence-electron chi connectivity index (χ1n) is 10.1. The van der Waals surface area contributed by atoms with Crippen molar-refractivity contribution in [3.8, 4) is 0 Å². The number of hydrogen-bond acceptors (Lipinski definition) is 3. The second kappa shape index (κ2) is 11.2. The number of benzene rings is 2. The molecule has 0 bridgehead atoms. The number of carbonyl (C=O) groups excluding carboxylic acids is 2. The smallest absolute Gasteiger partial charge is 0.254 e. The van der Waals surface area contributed by atoms with Crippen LogP contribution in [-0.2, 0) is 17.9 Å². The van der Waals surface area contributed by atoms with Gasteiger partial charge in [-0.15, -0.1) is 17.9 Å². The van der Waals surface area contributed by atoms with E-state index in [0.29, 0.717) is 18.7 Å². The first-order chi connectivity index (χ1) is 15.4. The topological polar surface area (TPSA) is 40.6 Å². The summed E-state index contributed by atoms with van der Waals surface area (Å²) in [7, 11) is 0. The summed E-state index contributed by atoms with van der Waals surface area (Å²) in [4.78, 5) is 30.7. The van der Waals surface area contributed by atoms with E-state index in [-0.39, 0.29) is 30.7 Å². The Morgan fingerprint density at radius 1 is 1.09 bits per heavy atom. The van der Waals surface area contributed by atoms with Crippen LogP contribution in [0.4, 0.5) is 4.39 Å². The summed E-state index contributed by atoms with van der Waals surface area (Å²) in [5.41, 5.74) is 2.43. The van der Waals surface area contributed by atoms with Gasteiger partial charge in [0.05, 0.1) is 6.54 Å². The van der Waals surface area contributed by atoms with Crippen LogP contribution in [0.2, 0.25) is 0 Å². The molecule has 32 heavy (non-hydrogen) atoms. The number of nitrogens with zero attached hydrogens (tertiary/aromatic N) is 2. The fraction of sp³-hybridized carbons (Fsp3) is 0.200. The molecule has 7 heteroatoms. The fourth-order valence-corrected chi connectivity index (χ4v) is 4.54. The Labute approximate surface area is 200 Å². The van der Waals surface area contributed by atoms with Crippen molar-refractivity contribution in [2.75, 3.05) is 13.1 Å². The lowest BCUT2D eigenvalue weighted by atomic mass is 10.1. The quantitative estimate of drug-likeness (QED) is 0.337. The molecule has 0 aliphatic heterocycles. The summed E-state index contributed by atoms with van der Waals surface area (Å²) in [5.74, 6) is -0.751. The Balaban J connectivity index is 1.82. The number of aryl methyl sites for hydroxylation is 1. The molecule has 1 aromatic heterocycles. The van der Waals surface area contributed by atoms with Gasteiger partial charge in [0.25, 0.3) is 5.91 Å². The Hall–Kier alpha value is -2.77. The van der Waals surface area contributed by atoms with Gasteiger partial charge in [0.2, 0.25) is 5.91 Å². The lowest BCUT2D eigenvalue weighted by Gasteiger charge is -2.27. The number of thiophene rings is 1. The van der Waals surface area contributed by atoms with Crippen molar-refractivity contribution in [1.82, 2.24) is 9.80 Å². The molecule has 2 amide bonds. The largest absolute Gasteiger partial charge is 0.332 e. The average molecular weight is 515 g/mol. The molecule has 3 aromatic rings. The van der Waals surface area contributed by atoms with Crippen LogP contribution in [0.5, 0.6) is 0 Å². The molecule has 0 aliphatic carbocycles. The summed E-state index contributed by atoms with van der Waals surface area (Å²) < 4.78 is 14.1. The normalized spacial score (nSPS) is 10.6. The second-order valence-electron chi connectivity index (χ2n) is 7.39. The monoisotopic (exact) mass is 514 g/mol. The molecule has 0 spiro atoms. The number of halogens is 2. The number of carbonyl (C=O) groups is 2. The Bertz CT molecular complexity index is 1100. The van der Waals surface area contributed by atoms with Crippen molar-refractivity contribution in [1.29, 1.82) is 0 Å². The third kappa shape index (κ3) is 6.37. The lowest BCUT2D eigenvalue weighted by Crippen LogP contribution is -2.42. The van der Waals surface area contributed by atoms with Crippen molar-refractivity contribution in [2.24, 2.45) is 0 Å². The van der Waals surface area contributed by atoms with E-state index < -0.39 is 0 Å². The molecule has 0 saturated carbocycles. The van der Waals surface area contributed by atoms with Gasteiger partial charge >= 0.3 is 0 Å². The molecular weight excluding hydrogens is 491 g/mol. The average Bonchev–Trinajstić information content (AvgIpc) is 3.18. The molecule has 0 radical (unpaired) electrons. The van der Waals surface area contributed by atoms with E-state index in [9.17, 15) is 14.0 Å². The Morgan fingerprint density at radius 3 is 2.47 bits per heavy atom. The van der Waals surface area contributed by atoms with Gasteiger partial charge in [-0.3, -0.25) is 9.59 Å². The number of hydrogen-bond donors (Lipinski definition) is 0. The molecular formula is C25H24BrFN2O2S. The van der Waals surface area contributed by atoms with Crippen molar-refractivity contribution < 1.29 is 14.0 Å². The van der Waals surface area contributed by atoms with E-state index >= 15 is 0 Å². The molecule has 3 rings (SSSR count). The second-order valence-corrected chi connectivity index (χ2v) is 9.30. The number of amides is 2. The van der Waals surface area contributed by atoms with Crippen LogP contribution in [0.15, 0.2) is 77.1 Å². The maximum atomic E-state index is 13.4. The maximum Gasteiger partial charge on any atom is 0.254 e. The van der Waals surface area contributed by atoms with Gasteiger partial charge in [-0.2, -0.15) is 0 Å².